The van der Waals surface area contributed by atoms with E-state index in [1.165, 1.54) is 0 Å². The minimum Gasteiger partial charge on any atom is -0.397 e. The van der Waals surface area contributed by atoms with Gasteiger partial charge >= 0.3 is 0 Å². The second kappa shape index (κ2) is 5.93. The van der Waals surface area contributed by atoms with Crippen LogP contribution < -0.4 is 16.4 Å². The van der Waals surface area contributed by atoms with Crippen molar-refractivity contribution < 1.29 is 9.53 Å². The molecule has 2 rings (SSSR count). The summed E-state index contributed by atoms with van der Waals surface area (Å²) < 4.78 is 5.52. The number of carbonyl (C=O) groups excluding carboxylic acids is 1. The van der Waals surface area contributed by atoms with Crippen molar-refractivity contribution in [3.05, 3.63) is 23.8 Å². The third-order valence-electron chi connectivity index (χ3n) is 3.39. The molecule has 0 bridgehead atoms. The van der Waals surface area contributed by atoms with Gasteiger partial charge in [0, 0.05) is 25.3 Å². The Morgan fingerprint density at radius 3 is 2.89 bits per heavy atom. The van der Waals surface area contributed by atoms with Gasteiger partial charge in [0.15, 0.2) is 0 Å². The highest BCUT2D eigenvalue weighted by atomic mass is 16.5. The van der Waals surface area contributed by atoms with Crippen LogP contribution in [0.1, 0.15) is 30.1 Å². The Kier molecular flexibility index (Phi) is 4.27. The molecule has 1 amide bonds. The molecule has 4 N–H and O–H groups in total. The lowest BCUT2D eigenvalue weighted by Crippen LogP contribution is -2.32. The topological polar surface area (TPSA) is 76.4 Å². The van der Waals surface area contributed by atoms with Gasteiger partial charge in [0.05, 0.1) is 17.5 Å². The average molecular weight is 263 g/mol. The van der Waals surface area contributed by atoms with Gasteiger partial charge in [0.25, 0.3) is 5.91 Å². The Bertz CT molecular complexity index is 462. The van der Waals surface area contributed by atoms with Crippen LogP contribution >= 0.6 is 0 Å². The van der Waals surface area contributed by atoms with Crippen LogP contribution in [0.4, 0.5) is 11.4 Å². The average Bonchev–Trinajstić information content (AvgIpc) is 2.40. The number of hydrogen-bond acceptors (Lipinski definition) is 4. The van der Waals surface area contributed by atoms with Crippen LogP contribution in [0.5, 0.6) is 0 Å². The molecule has 0 saturated carbocycles. The minimum atomic E-state index is -0.127. The number of nitrogens with two attached hydrogens (primary N) is 1. The molecule has 2 unspecified atom stereocenters. The Morgan fingerprint density at radius 2 is 2.26 bits per heavy atom. The van der Waals surface area contributed by atoms with Crippen molar-refractivity contribution in [1.29, 1.82) is 0 Å². The van der Waals surface area contributed by atoms with Gasteiger partial charge < -0.3 is 21.1 Å². The van der Waals surface area contributed by atoms with E-state index in [4.69, 9.17) is 10.5 Å². The molecule has 1 aromatic carbocycles. The number of ether oxygens (including phenoxy) is 1. The first kappa shape index (κ1) is 13.7. The summed E-state index contributed by atoms with van der Waals surface area (Å²) in [5, 5.41) is 6.01. The van der Waals surface area contributed by atoms with E-state index >= 15 is 0 Å². The molecule has 2 atom stereocenters. The maximum absolute atomic E-state index is 11.5. The number of hydrogen-bond donors (Lipinski definition) is 3. The zero-order valence-electron chi connectivity index (χ0n) is 11.4. The summed E-state index contributed by atoms with van der Waals surface area (Å²) in [7, 11) is 1.61. The SMILES string of the molecule is CNC(=O)c1ccc(NC2CCOC(C)C2)c(N)c1. The Morgan fingerprint density at radius 1 is 1.47 bits per heavy atom. The van der Waals surface area contributed by atoms with Crippen LogP contribution in [-0.4, -0.2) is 31.7 Å². The first-order valence-corrected chi connectivity index (χ1v) is 6.60. The van der Waals surface area contributed by atoms with Crippen LogP contribution in [-0.2, 0) is 4.74 Å². The third-order valence-corrected chi connectivity index (χ3v) is 3.39. The van der Waals surface area contributed by atoms with Crippen LogP contribution in [0.25, 0.3) is 0 Å². The lowest BCUT2D eigenvalue weighted by Gasteiger charge is -2.29. The quantitative estimate of drug-likeness (QED) is 0.724. The maximum atomic E-state index is 11.5. The first-order valence-electron chi connectivity index (χ1n) is 6.60. The zero-order chi connectivity index (χ0) is 13.8. The fourth-order valence-electron chi connectivity index (χ4n) is 2.33. The molecule has 19 heavy (non-hydrogen) atoms. The maximum Gasteiger partial charge on any atom is 0.251 e. The molecule has 0 aromatic heterocycles. The van der Waals surface area contributed by atoms with Crippen molar-refractivity contribution in [1.82, 2.24) is 5.32 Å². The van der Waals surface area contributed by atoms with E-state index in [-0.39, 0.29) is 12.0 Å². The van der Waals surface area contributed by atoms with E-state index < -0.39 is 0 Å². The number of amides is 1. The monoisotopic (exact) mass is 263 g/mol. The van der Waals surface area contributed by atoms with Crippen LogP contribution in [0.15, 0.2) is 18.2 Å². The highest BCUT2D eigenvalue weighted by Crippen LogP contribution is 2.24. The summed E-state index contributed by atoms with van der Waals surface area (Å²) in [5.41, 5.74) is 8.05. The van der Waals surface area contributed by atoms with Crippen molar-refractivity contribution in [3.8, 4) is 0 Å². The van der Waals surface area contributed by atoms with Crippen LogP contribution in [0.3, 0.4) is 0 Å². The number of nitrogens with one attached hydrogen (secondary N) is 2. The summed E-state index contributed by atoms with van der Waals surface area (Å²) in [6, 6.07) is 5.71. The largest absolute Gasteiger partial charge is 0.397 e. The van der Waals surface area contributed by atoms with Crippen molar-refractivity contribution in [2.75, 3.05) is 24.7 Å². The fourth-order valence-corrected chi connectivity index (χ4v) is 2.33. The second-order valence-corrected chi connectivity index (χ2v) is 4.93. The van der Waals surface area contributed by atoms with E-state index in [2.05, 4.69) is 17.6 Å². The van der Waals surface area contributed by atoms with Gasteiger partial charge in [0.1, 0.15) is 0 Å². The molecule has 1 aliphatic rings. The zero-order valence-corrected chi connectivity index (χ0v) is 11.4. The predicted molar refractivity (Wildman–Crippen MR) is 76.3 cm³/mol. The molecule has 104 valence electrons. The molecule has 5 heteroatoms. The molecule has 0 aliphatic carbocycles. The van der Waals surface area contributed by atoms with E-state index in [0.29, 0.717) is 17.3 Å². The molecule has 1 saturated heterocycles. The van der Waals surface area contributed by atoms with Gasteiger partial charge in [-0.1, -0.05) is 0 Å². The lowest BCUT2D eigenvalue weighted by molar-refractivity contribution is 0.0232. The van der Waals surface area contributed by atoms with E-state index in [1.807, 2.05) is 6.07 Å². The van der Waals surface area contributed by atoms with Gasteiger partial charge in [-0.2, -0.15) is 0 Å². The van der Waals surface area contributed by atoms with Crippen molar-refractivity contribution in [3.63, 3.8) is 0 Å². The summed E-state index contributed by atoms with van der Waals surface area (Å²) in [6.07, 6.45) is 2.22. The van der Waals surface area contributed by atoms with Crippen molar-refractivity contribution >= 4 is 17.3 Å². The van der Waals surface area contributed by atoms with Crippen molar-refractivity contribution in [2.45, 2.75) is 31.9 Å². The smallest absolute Gasteiger partial charge is 0.251 e. The third kappa shape index (κ3) is 3.38. The van der Waals surface area contributed by atoms with Gasteiger partial charge in [-0.15, -0.1) is 0 Å². The van der Waals surface area contributed by atoms with Gasteiger partial charge in [-0.25, -0.2) is 0 Å². The fraction of sp³-hybridized carbons (Fsp3) is 0.500. The first-order chi connectivity index (χ1) is 9.10. The minimum absolute atomic E-state index is 0.127. The lowest BCUT2D eigenvalue weighted by atomic mass is 10.0. The number of rotatable bonds is 3. The summed E-state index contributed by atoms with van der Waals surface area (Å²) in [4.78, 5) is 11.5. The molecule has 0 spiro atoms. The number of carbonyl (C=O) groups is 1. The molecule has 5 nitrogen and oxygen atoms in total. The summed E-state index contributed by atoms with van der Waals surface area (Å²) in [5.74, 6) is -0.127. The van der Waals surface area contributed by atoms with Crippen molar-refractivity contribution in [2.24, 2.45) is 0 Å². The van der Waals surface area contributed by atoms with E-state index in [0.717, 1.165) is 25.1 Å². The second-order valence-electron chi connectivity index (χ2n) is 4.93. The van der Waals surface area contributed by atoms with Crippen LogP contribution in [0.2, 0.25) is 0 Å². The van der Waals surface area contributed by atoms with E-state index in [9.17, 15) is 4.79 Å². The highest BCUT2D eigenvalue weighted by molar-refractivity contribution is 5.95. The Labute approximate surface area is 113 Å². The Balaban J connectivity index is 2.06. The Hall–Kier alpha value is -1.75. The van der Waals surface area contributed by atoms with Gasteiger partial charge in [-0.3, -0.25) is 4.79 Å². The molecular formula is C14H21N3O2. The highest BCUT2D eigenvalue weighted by Gasteiger charge is 2.19. The van der Waals surface area contributed by atoms with Crippen LogP contribution in [0, 0.1) is 0 Å². The molecule has 1 fully saturated rings. The number of anilines is 2. The molecule has 1 aliphatic heterocycles. The standard InChI is InChI=1S/C14H21N3O2/c1-9-7-11(5-6-19-9)17-13-4-3-10(8-12(13)15)14(18)16-2/h3-4,8-9,11,17H,5-7,15H2,1-2H3,(H,16,18). The summed E-state index contributed by atoms with van der Waals surface area (Å²) >= 11 is 0. The number of nitrogen functional groups attached to an aromatic ring is 1. The van der Waals surface area contributed by atoms with Gasteiger partial charge in [-0.05, 0) is 38.0 Å². The molecule has 1 aromatic rings. The van der Waals surface area contributed by atoms with Gasteiger partial charge in [0.2, 0.25) is 0 Å². The number of benzene rings is 1. The molecule has 0 radical (unpaired) electrons. The normalized spacial score (nSPS) is 22.8. The predicted octanol–water partition coefficient (Wildman–Crippen LogP) is 1.61. The van der Waals surface area contributed by atoms with E-state index in [1.54, 1.807) is 19.2 Å². The molecule has 1 heterocycles. The molecular weight excluding hydrogens is 242 g/mol. The summed E-state index contributed by atoms with van der Waals surface area (Å²) in [6.45, 7) is 2.85.